The number of benzene rings is 1. The number of nitrogens with zero attached hydrogens (tertiary/aromatic N) is 2. The number of halogens is 2. The molecule has 0 aliphatic carbocycles. The SMILES string of the molecule is Cc1[nH]nc2c1[C@H](c1ccc(F)c(Br)c1)C(C#N)=C(N)O2. The first-order valence-corrected chi connectivity index (χ1v) is 6.89. The van der Waals surface area contributed by atoms with E-state index in [1.807, 2.05) is 6.92 Å². The Morgan fingerprint density at radius 2 is 2.29 bits per heavy atom. The average molecular weight is 349 g/mol. The molecule has 0 bridgehead atoms. The van der Waals surface area contributed by atoms with Crippen LogP contribution < -0.4 is 10.5 Å². The second kappa shape index (κ2) is 4.90. The second-order valence-corrected chi connectivity index (χ2v) is 5.52. The van der Waals surface area contributed by atoms with Gasteiger partial charge in [0, 0.05) is 11.3 Å². The molecule has 106 valence electrons. The number of aryl methyl sites for hydroxylation is 1. The number of aromatic amines is 1. The van der Waals surface area contributed by atoms with Crippen LogP contribution in [0, 0.1) is 24.1 Å². The molecule has 5 nitrogen and oxygen atoms in total. The standard InChI is InChI=1S/C14H10BrFN4O/c1-6-11-12(7-2-3-10(16)9(15)4-7)8(5-17)13(18)21-14(11)20-19-6/h2-4,12H,18H2,1H3,(H,19,20)/t12-/m1/s1. The van der Waals surface area contributed by atoms with Crippen LogP contribution in [-0.2, 0) is 0 Å². The van der Waals surface area contributed by atoms with Gasteiger partial charge >= 0.3 is 0 Å². The Kier molecular flexibility index (Phi) is 3.18. The third-order valence-electron chi connectivity index (χ3n) is 3.41. The van der Waals surface area contributed by atoms with Crippen LogP contribution in [0.15, 0.2) is 34.1 Å². The van der Waals surface area contributed by atoms with Gasteiger partial charge in [-0.1, -0.05) is 6.07 Å². The predicted molar refractivity (Wildman–Crippen MR) is 76.7 cm³/mol. The van der Waals surface area contributed by atoms with Crippen molar-refractivity contribution in [1.29, 1.82) is 5.26 Å². The topological polar surface area (TPSA) is 87.7 Å². The summed E-state index contributed by atoms with van der Waals surface area (Å²) in [4.78, 5) is 0. The lowest BCUT2D eigenvalue weighted by atomic mass is 9.84. The zero-order valence-electron chi connectivity index (χ0n) is 10.9. The molecule has 0 spiro atoms. The molecule has 2 aromatic rings. The van der Waals surface area contributed by atoms with Crippen LogP contribution in [0.1, 0.15) is 22.7 Å². The largest absolute Gasteiger partial charge is 0.420 e. The van der Waals surface area contributed by atoms with Crippen LogP contribution in [0.3, 0.4) is 0 Å². The highest BCUT2D eigenvalue weighted by Crippen LogP contribution is 2.43. The maximum atomic E-state index is 13.4. The molecular formula is C14H10BrFN4O. The van der Waals surface area contributed by atoms with Crippen molar-refractivity contribution < 1.29 is 9.13 Å². The van der Waals surface area contributed by atoms with Gasteiger partial charge in [0.05, 0.1) is 10.4 Å². The third kappa shape index (κ3) is 2.08. The Hall–Kier alpha value is -2.33. The molecule has 0 amide bonds. The Bertz CT molecular complexity index is 806. The van der Waals surface area contributed by atoms with Gasteiger partial charge in [0.2, 0.25) is 11.8 Å². The van der Waals surface area contributed by atoms with E-state index in [2.05, 4.69) is 32.2 Å². The van der Waals surface area contributed by atoms with Gasteiger partial charge in [-0.3, -0.25) is 5.10 Å². The molecule has 1 aromatic heterocycles. The van der Waals surface area contributed by atoms with Gasteiger partial charge in [-0.2, -0.15) is 5.26 Å². The number of fused-ring (bicyclic) bond motifs is 1. The molecular weight excluding hydrogens is 339 g/mol. The Morgan fingerprint density at radius 1 is 1.52 bits per heavy atom. The van der Waals surface area contributed by atoms with Gasteiger partial charge in [-0.05, 0) is 40.5 Å². The Morgan fingerprint density at radius 3 is 2.95 bits per heavy atom. The second-order valence-electron chi connectivity index (χ2n) is 4.67. The van der Waals surface area contributed by atoms with E-state index in [0.29, 0.717) is 10.4 Å². The lowest BCUT2D eigenvalue weighted by Crippen LogP contribution is -2.21. The first kappa shape index (κ1) is 13.6. The molecule has 0 saturated heterocycles. The Balaban J connectivity index is 2.24. The third-order valence-corrected chi connectivity index (χ3v) is 4.01. The van der Waals surface area contributed by atoms with Crippen LogP contribution in [-0.4, -0.2) is 10.2 Å². The molecule has 1 atom stereocenters. The molecule has 0 unspecified atom stereocenters. The van der Waals surface area contributed by atoms with Crippen molar-refractivity contribution in [3.05, 3.63) is 56.8 Å². The van der Waals surface area contributed by atoms with Crippen LogP contribution in [0.4, 0.5) is 4.39 Å². The summed E-state index contributed by atoms with van der Waals surface area (Å²) in [5, 5.41) is 16.2. The van der Waals surface area contributed by atoms with Gasteiger partial charge in [0.15, 0.2) is 0 Å². The van der Waals surface area contributed by atoms with E-state index >= 15 is 0 Å². The maximum absolute atomic E-state index is 13.4. The van der Waals surface area contributed by atoms with Crippen LogP contribution in [0.25, 0.3) is 0 Å². The summed E-state index contributed by atoms with van der Waals surface area (Å²) in [5.74, 6) is -0.448. The number of ether oxygens (including phenoxy) is 1. The number of nitrogens with two attached hydrogens (primary N) is 1. The maximum Gasteiger partial charge on any atom is 0.244 e. The number of nitrogens with one attached hydrogen (secondary N) is 1. The van der Waals surface area contributed by atoms with Crippen LogP contribution in [0.2, 0.25) is 0 Å². The Labute approximate surface area is 128 Å². The minimum atomic E-state index is -0.436. The van der Waals surface area contributed by atoms with Crippen molar-refractivity contribution in [3.63, 3.8) is 0 Å². The zero-order valence-corrected chi connectivity index (χ0v) is 12.5. The van der Waals surface area contributed by atoms with E-state index in [1.54, 1.807) is 12.1 Å². The fourth-order valence-corrected chi connectivity index (χ4v) is 2.82. The molecule has 0 saturated carbocycles. The number of H-pyrrole nitrogens is 1. The van der Waals surface area contributed by atoms with Crippen LogP contribution in [0.5, 0.6) is 5.88 Å². The predicted octanol–water partition coefficient (Wildman–Crippen LogP) is 2.84. The first-order valence-electron chi connectivity index (χ1n) is 6.10. The molecule has 1 aliphatic rings. The van der Waals surface area contributed by atoms with Crippen molar-refractivity contribution in [2.45, 2.75) is 12.8 Å². The van der Waals surface area contributed by atoms with Crippen molar-refractivity contribution >= 4 is 15.9 Å². The van der Waals surface area contributed by atoms with Crippen molar-refractivity contribution in [3.8, 4) is 11.9 Å². The van der Waals surface area contributed by atoms with Gasteiger partial charge in [0.25, 0.3) is 0 Å². The monoisotopic (exact) mass is 348 g/mol. The summed E-state index contributed by atoms with van der Waals surface area (Å²) in [6.07, 6.45) is 0. The van der Waals surface area contributed by atoms with Crippen molar-refractivity contribution in [1.82, 2.24) is 10.2 Å². The number of rotatable bonds is 1. The minimum Gasteiger partial charge on any atom is -0.420 e. The molecule has 1 aliphatic heterocycles. The fourth-order valence-electron chi connectivity index (χ4n) is 2.42. The summed E-state index contributed by atoms with van der Waals surface area (Å²) < 4.78 is 19.1. The van der Waals surface area contributed by atoms with Gasteiger partial charge in [-0.25, -0.2) is 4.39 Å². The normalized spacial score (nSPS) is 17.1. The zero-order chi connectivity index (χ0) is 15.1. The minimum absolute atomic E-state index is 0.0157. The number of hydrogen-bond donors (Lipinski definition) is 2. The quantitative estimate of drug-likeness (QED) is 0.829. The van der Waals surface area contributed by atoms with E-state index in [0.717, 1.165) is 16.8 Å². The number of hydrogen-bond acceptors (Lipinski definition) is 4. The molecule has 3 N–H and O–H groups in total. The molecule has 0 fully saturated rings. The summed E-state index contributed by atoms with van der Waals surface area (Å²) in [5.41, 5.74) is 8.33. The molecule has 0 radical (unpaired) electrons. The van der Waals surface area contributed by atoms with Crippen molar-refractivity contribution in [2.24, 2.45) is 5.73 Å². The fraction of sp³-hybridized carbons (Fsp3) is 0.143. The molecule has 3 rings (SSSR count). The van der Waals surface area contributed by atoms with Gasteiger partial charge < -0.3 is 10.5 Å². The van der Waals surface area contributed by atoms with E-state index in [9.17, 15) is 9.65 Å². The van der Waals surface area contributed by atoms with Crippen LogP contribution >= 0.6 is 15.9 Å². The number of allylic oxidation sites excluding steroid dienone is 1. The highest BCUT2D eigenvalue weighted by atomic mass is 79.9. The highest BCUT2D eigenvalue weighted by molar-refractivity contribution is 9.10. The van der Waals surface area contributed by atoms with E-state index in [-0.39, 0.29) is 17.3 Å². The van der Waals surface area contributed by atoms with E-state index < -0.39 is 5.92 Å². The summed E-state index contributed by atoms with van der Waals surface area (Å²) >= 11 is 3.16. The van der Waals surface area contributed by atoms with Crippen molar-refractivity contribution in [2.75, 3.05) is 0 Å². The van der Waals surface area contributed by atoms with Gasteiger partial charge in [-0.15, -0.1) is 5.10 Å². The highest BCUT2D eigenvalue weighted by Gasteiger charge is 2.34. The smallest absolute Gasteiger partial charge is 0.244 e. The molecule has 2 heterocycles. The van der Waals surface area contributed by atoms with E-state index in [4.69, 9.17) is 10.5 Å². The first-order chi connectivity index (χ1) is 10.0. The lowest BCUT2D eigenvalue weighted by Gasteiger charge is -2.23. The number of nitriles is 1. The molecule has 1 aromatic carbocycles. The summed E-state index contributed by atoms with van der Waals surface area (Å²) in [6, 6.07) is 6.67. The molecule has 7 heteroatoms. The van der Waals surface area contributed by atoms with Gasteiger partial charge in [0.1, 0.15) is 17.5 Å². The lowest BCUT2D eigenvalue weighted by molar-refractivity contribution is 0.378. The average Bonchev–Trinajstić information content (AvgIpc) is 2.81. The summed E-state index contributed by atoms with van der Waals surface area (Å²) in [6.45, 7) is 1.83. The number of aromatic nitrogens is 2. The molecule has 21 heavy (non-hydrogen) atoms. The van der Waals surface area contributed by atoms with E-state index in [1.165, 1.54) is 6.07 Å². The summed E-state index contributed by atoms with van der Waals surface area (Å²) in [7, 11) is 0.